The van der Waals surface area contributed by atoms with Crippen molar-refractivity contribution in [1.82, 2.24) is 15.5 Å². The average molecular weight is 455 g/mol. The zero-order valence-corrected chi connectivity index (χ0v) is 18.9. The number of ether oxygens (including phenoxy) is 2. The molecule has 0 atom stereocenters. The first-order chi connectivity index (χ1) is 15.6. The largest absolute Gasteiger partial charge is 0.486 e. The lowest BCUT2D eigenvalue weighted by molar-refractivity contribution is 0.0943. The Labute approximate surface area is 191 Å². The van der Waals surface area contributed by atoms with E-state index in [2.05, 4.69) is 20.8 Å². The minimum absolute atomic E-state index is 0.138. The molecule has 0 aliphatic heterocycles. The molecule has 168 valence electrons. The van der Waals surface area contributed by atoms with Crippen molar-refractivity contribution >= 4 is 28.8 Å². The molecule has 9 heteroatoms. The van der Waals surface area contributed by atoms with E-state index in [1.54, 1.807) is 24.3 Å². The van der Waals surface area contributed by atoms with Gasteiger partial charge in [-0.15, -0.1) is 10.2 Å². The molecule has 2 amide bonds. The zero-order chi connectivity index (χ0) is 22.8. The highest BCUT2D eigenvalue weighted by atomic mass is 32.1. The van der Waals surface area contributed by atoms with Gasteiger partial charge in [0, 0.05) is 31.0 Å². The predicted octanol–water partition coefficient (Wildman–Crippen LogP) is 3.83. The van der Waals surface area contributed by atoms with Crippen molar-refractivity contribution in [3.8, 4) is 5.75 Å². The molecule has 0 saturated heterocycles. The number of rotatable bonds is 11. The second kappa shape index (κ2) is 11.9. The molecule has 3 aromatic rings. The topological polar surface area (TPSA) is 102 Å². The van der Waals surface area contributed by atoms with Crippen LogP contribution in [0.25, 0.3) is 0 Å². The van der Waals surface area contributed by atoms with Crippen LogP contribution in [0.5, 0.6) is 5.75 Å². The lowest BCUT2D eigenvalue weighted by Crippen LogP contribution is -2.25. The minimum atomic E-state index is -0.306. The van der Waals surface area contributed by atoms with Gasteiger partial charge in [-0.25, -0.2) is 0 Å². The molecule has 1 aromatic heterocycles. The number of anilines is 1. The molecule has 0 unspecified atom stereocenters. The molecule has 1 heterocycles. The fourth-order valence-electron chi connectivity index (χ4n) is 2.76. The molecule has 0 saturated carbocycles. The van der Waals surface area contributed by atoms with Crippen LogP contribution in [0.3, 0.4) is 0 Å². The van der Waals surface area contributed by atoms with Gasteiger partial charge in [-0.1, -0.05) is 29.5 Å². The standard InChI is InChI=1S/C23H26N4O4S/c1-3-30-14-6-13-24-21(28)17-9-11-18(12-10-17)31-15-20-26-27-23(32-20)22(29)25-19-8-5-4-7-16(19)2/h4-5,7-12H,3,6,13-15H2,1-2H3,(H,24,28)(H,25,29). The monoisotopic (exact) mass is 454 g/mol. The van der Waals surface area contributed by atoms with Gasteiger partial charge in [0.05, 0.1) is 0 Å². The number of hydrogen-bond acceptors (Lipinski definition) is 7. The first kappa shape index (κ1) is 23.4. The number of aromatic nitrogens is 2. The van der Waals surface area contributed by atoms with Crippen LogP contribution in [0.2, 0.25) is 0 Å². The Hall–Kier alpha value is -3.30. The van der Waals surface area contributed by atoms with Crippen LogP contribution in [0, 0.1) is 6.92 Å². The summed E-state index contributed by atoms with van der Waals surface area (Å²) in [6.45, 7) is 5.91. The van der Waals surface area contributed by atoms with Crippen molar-refractivity contribution < 1.29 is 19.1 Å². The smallest absolute Gasteiger partial charge is 0.286 e. The Balaban J connectivity index is 1.47. The molecule has 8 nitrogen and oxygen atoms in total. The van der Waals surface area contributed by atoms with Crippen LogP contribution in [0.15, 0.2) is 48.5 Å². The highest BCUT2D eigenvalue weighted by molar-refractivity contribution is 7.13. The zero-order valence-electron chi connectivity index (χ0n) is 18.1. The van der Waals surface area contributed by atoms with Crippen molar-refractivity contribution in [3.63, 3.8) is 0 Å². The average Bonchev–Trinajstić information content (AvgIpc) is 3.28. The molecule has 3 rings (SSSR count). The van der Waals surface area contributed by atoms with Crippen molar-refractivity contribution in [2.45, 2.75) is 26.9 Å². The van der Waals surface area contributed by atoms with Crippen LogP contribution in [0.4, 0.5) is 5.69 Å². The van der Waals surface area contributed by atoms with Gasteiger partial charge >= 0.3 is 0 Å². The number of para-hydroxylation sites is 1. The van der Waals surface area contributed by atoms with E-state index < -0.39 is 0 Å². The van der Waals surface area contributed by atoms with Gasteiger partial charge in [-0.05, 0) is 56.2 Å². The van der Waals surface area contributed by atoms with Gasteiger partial charge in [0.25, 0.3) is 11.8 Å². The molecule has 2 N–H and O–H groups in total. The Morgan fingerprint density at radius 1 is 1.03 bits per heavy atom. The van der Waals surface area contributed by atoms with Crippen molar-refractivity contribution in [2.24, 2.45) is 0 Å². The number of carbonyl (C=O) groups is 2. The molecule has 0 aliphatic carbocycles. The van der Waals surface area contributed by atoms with Crippen LogP contribution in [0.1, 0.15) is 44.1 Å². The maximum atomic E-state index is 12.4. The number of amides is 2. The number of nitrogens with one attached hydrogen (secondary N) is 2. The van der Waals surface area contributed by atoms with Gasteiger partial charge in [-0.3, -0.25) is 9.59 Å². The molecular weight excluding hydrogens is 428 g/mol. The number of nitrogens with zero attached hydrogens (tertiary/aromatic N) is 2. The molecule has 0 bridgehead atoms. The molecule has 0 radical (unpaired) electrons. The van der Waals surface area contributed by atoms with E-state index in [1.165, 1.54) is 11.3 Å². The highest BCUT2D eigenvalue weighted by Crippen LogP contribution is 2.19. The van der Waals surface area contributed by atoms with Crippen molar-refractivity contribution in [1.29, 1.82) is 0 Å². The van der Waals surface area contributed by atoms with Gasteiger partial charge in [0.15, 0.2) is 5.01 Å². The molecular formula is C23H26N4O4S. The van der Waals surface area contributed by atoms with Crippen molar-refractivity contribution in [3.05, 3.63) is 69.7 Å². The molecule has 32 heavy (non-hydrogen) atoms. The molecule has 0 fully saturated rings. The summed E-state index contributed by atoms with van der Waals surface area (Å²) in [6.07, 6.45) is 0.771. The Morgan fingerprint density at radius 2 is 1.81 bits per heavy atom. The number of carbonyl (C=O) groups excluding carboxylic acids is 2. The van der Waals surface area contributed by atoms with Crippen LogP contribution in [-0.4, -0.2) is 41.8 Å². The normalized spacial score (nSPS) is 10.6. The molecule has 0 spiro atoms. The van der Waals surface area contributed by atoms with E-state index in [0.717, 1.165) is 17.7 Å². The lowest BCUT2D eigenvalue weighted by atomic mass is 10.2. The summed E-state index contributed by atoms with van der Waals surface area (Å²) in [5.41, 5.74) is 2.26. The van der Waals surface area contributed by atoms with Gasteiger partial charge in [0.2, 0.25) is 5.01 Å². The Kier molecular flexibility index (Phi) is 8.70. The third kappa shape index (κ3) is 6.86. The summed E-state index contributed by atoms with van der Waals surface area (Å²) in [6, 6.07) is 14.4. The van der Waals surface area contributed by atoms with E-state index in [-0.39, 0.29) is 23.4 Å². The van der Waals surface area contributed by atoms with Crippen LogP contribution >= 0.6 is 11.3 Å². The van der Waals surface area contributed by atoms with Crippen LogP contribution < -0.4 is 15.4 Å². The van der Waals surface area contributed by atoms with E-state index >= 15 is 0 Å². The van der Waals surface area contributed by atoms with Gasteiger partial charge in [0.1, 0.15) is 12.4 Å². The number of hydrogen-bond donors (Lipinski definition) is 2. The van der Waals surface area contributed by atoms with E-state index in [4.69, 9.17) is 9.47 Å². The summed E-state index contributed by atoms with van der Waals surface area (Å²) in [7, 11) is 0. The van der Waals surface area contributed by atoms with E-state index in [0.29, 0.717) is 36.1 Å². The van der Waals surface area contributed by atoms with Crippen molar-refractivity contribution in [2.75, 3.05) is 25.1 Å². The summed E-state index contributed by atoms with van der Waals surface area (Å²) < 4.78 is 11.0. The SMILES string of the molecule is CCOCCCNC(=O)c1ccc(OCc2nnc(C(=O)Nc3ccccc3C)s2)cc1. The first-order valence-corrected chi connectivity index (χ1v) is 11.2. The molecule has 0 aliphatic rings. The van der Waals surface area contributed by atoms with Crippen LogP contribution in [-0.2, 0) is 11.3 Å². The Bertz CT molecular complexity index is 1040. The summed E-state index contributed by atoms with van der Waals surface area (Å²) in [4.78, 5) is 24.5. The third-order valence-corrected chi connectivity index (χ3v) is 5.38. The van der Waals surface area contributed by atoms with E-state index in [1.807, 2.05) is 38.1 Å². The fourth-order valence-corrected chi connectivity index (χ4v) is 3.41. The van der Waals surface area contributed by atoms with Gasteiger partial charge < -0.3 is 20.1 Å². The highest BCUT2D eigenvalue weighted by Gasteiger charge is 2.14. The quantitative estimate of drug-likeness (QED) is 0.427. The summed E-state index contributed by atoms with van der Waals surface area (Å²) >= 11 is 1.17. The Morgan fingerprint density at radius 3 is 2.56 bits per heavy atom. The molecule has 2 aromatic carbocycles. The lowest BCUT2D eigenvalue weighted by Gasteiger charge is -2.07. The second-order valence-corrected chi connectivity index (χ2v) is 7.95. The third-order valence-electron chi connectivity index (χ3n) is 4.49. The minimum Gasteiger partial charge on any atom is -0.486 e. The summed E-state index contributed by atoms with van der Waals surface area (Å²) in [5.74, 6) is 0.153. The van der Waals surface area contributed by atoms with E-state index in [9.17, 15) is 9.59 Å². The first-order valence-electron chi connectivity index (χ1n) is 10.3. The maximum absolute atomic E-state index is 12.4. The number of benzene rings is 2. The fraction of sp³-hybridized carbons (Fsp3) is 0.304. The van der Waals surface area contributed by atoms with Gasteiger partial charge in [-0.2, -0.15) is 0 Å². The maximum Gasteiger partial charge on any atom is 0.286 e. The predicted molar refractivity (Wildman–Crippen MR) is 123 cm³/mol. The second-order valence-electron chi connectivity index (χ2n) is 6.89. The number of aryl methyl sites for hydroxylation is 1. The summed E-state index contributed by atoms with van der Waals surface area (Å²) in [5, 5.41) is 14.5.